The predicted octanol–water partition coefficient (Wildman–Crippen LogP) is 4.79. The van der Waals surface area contributed by atoms with Gasteiger partial charge in [-0.3, -0.25) is 10.1 Å². The predicted molar refractivity (Wildman–Crippen MR) is 133 cm³/mol. The first-order valence-corrected chi connectivity index (χ1v) is 12.5. The lowest BCUT2D eigenvalue weighted by atomic mass is 9.85. The Labute approximate surface area is 216 Å². The fraction of sp³-hybridized carbons (Fsp3) is 0.407. The minimum atomic E-state index is -2.67. The Bertz CT molecular complexity index is 1340. The van der Waals surface area contributed by atoms with Gasteiger partial charge >= 0.3 is 0 Å². The summed E-state index contributed by atoms with van der Waals surface area (Å²) in [4.78, 5) is 19.3. The number of halogens is 5. The number of alkyl halides is 3. The third-order valence-corrected chi connectivity index (χ3v) is 7.36. The third kappa shape index (κ3) is 5.11. The van der Waals surface area contributed by atoms with Crippen LogP contribution in [0.4, 0.5) is 33.6 Å². The second kappa shape index (κ2) is 10.0. The molecule has 2 aliphatic heterocycles. The minimum absolute atomic E-state index is 0.00250. The van der Waals surface area contributed by atoms with Crippen molar-refractivity contribution in [1.82, 2.24) is 14.9 Å². The summed E-state index contributed by atoms with van der Waals surface area (Å²) in [6, 6.07) is 8.60. The van der Waals surface area contributed by atoms with Crippen LogP contribution in [0.15, 0.2) is 48.8 Å². The highest BCUT2D eigenvalue weighted by Gasteiger charge is 2.51. The molecule has 0 unspecified atom stereocenters. The van der Waals surface area contributed by atoms with Crippen LogP contribution >= 0.6 is 0 Å². The number of nitrogens with zero attached hydrogens (tertiary/aromatic N) is 3. The second-order valence-electron chi connectivity index (χ2n) is 10.0. The molecule has 1 aromatic heterocycles. The van der Waals surface area contributed by atoms with Crippen molar-refractivity contribution in [3.05, 3.63) is 77.1 Å². The number of carbonyl (C=O) groups excluding carboxylic acids is 1. The molecule has 2 saturated heterocycles. The van der Waals surface area contributed by atoms with Crippen LogP contribution < -0.4 is 15.5 Å². The Hall–Kier alpha value is -3.47. The summed E-state index contributed by atoms with van der Waals surface area (Å²) >= 11 is 0. The van der Waals surface area contributed by atoms with Gasteiger partial charge in [-0.1, -0.05) is 18.2 Å². The van der Waals surface area contributed by atoms with Crippen LogP contribution in [-0.4, -0.2) is 53.2 Å². The van der Waals surface area contributed by atoms with Gasteiger partial charge < -0.3 is 14.8 Å². The number of aromatic nitrogens is 2. The van der Waals surface area contributed by atoms with E-state index < -0.39 is 35.1 Å². The average Bonchev–Trinajstić information content (AvgIpc) is 3.47. The zero-order valence-corrected chi connectivity index (χ0v) is 20.8. The monoisotopic (exact) mass is 533 g/mol. The van der Waals surface area contributed by atoms with Crippen molar-refractivity contribution < 1.29 is 26.7 Å². The zero-order chi connectivity index (χ0) is 27.1. The van der Waals surface area contributed by atoms with Gasteiger partial charge in [-0.05, 0) is 35.7 Å². The number of anilines is 2. The molecule has 5 rings (SSSR count). The number of amides is 1. The van der Waals surface area contributed by atoms with Crippen LogP contribution in [0, 0.1) is 18.6 Å². The van der Waals surface area contributed by atoms with Crippen molar-refractivity contribution in [2.45, 2.75) is 43.8 Å². The first-order valence-electron chi connectivity index (χ1n) is 12.5. The van der Waals surface area contributed by atoms with E-state index in [0.29, 0.717) is 6.07 Å². The van der Waals surface area contributed by atoms with E-state index >= 15 is 4.39 Å². The molecule has 38 heavy (non-hydrogen) atoms. The molecule has 2 aromatic carbocycles. The number of hydrogen-bond acceptors (Lipinski definition) is 4. The molecule has 0 spiro atoms. The Morgan fingerprint density at radius 2 is 1.89 bits per heavy atom. The van der Waals surface area contributed by atoms with Gasteiger partial charge in [0, 0.05) is 69.1 Å². The molecule has 6 nitrogen and oxygen atoms in total. The summed E-state index contributed by atoms with van der Waals surface area (Å²) in [5.74, 6) is -6.44. The molecular weight excluding hydrogens is 505 g/mol. The summed E-state index contributed by atoms with van der Waals surface area (Å²) in [6.45, 7) is 2.27. The average molecular weight is 534 g/mol. The molecular formula is C27H28F5N5O. The Morgan fingerprint density at radius 1 is 1.13 bits per heavy atom. The Balaban J connectivity index is 1.36. The molecule has 2 fully saturated rings. The maximum Gasteiger partial charge on any atom is 0.266 e. The fourth-order valence-corrected chi connectivity index (χ4v) is 5.19. The maximum atomic E-state index is 16.1. The van der Waals surface area contributed by atoms with Crippen LogP contribution in [0.2, 0.25) is 0 Å². The van der Waals surface area contributed by atoms with Crippen molar-refractivity contribution >= 4 is 17.5 Å². The summed E-state index contributed by atoms with van der Waals surface area (Å²) in [7, 11) is 0. The molecule has 11 heteroatoms. The van der Waals surface area contributed by atoms with Crippen LogP contribution in [0.5, 0.6) is 0 Å². The molecule has 3 heterocycles. The van der Waals surface area contributed by atoms with Gasteiger partial charge in [0.1, 0.15) is 11.6 Å². The number of nitrogens with one attached hydrogen (secondary N) is 2. The lowest BCUT2D eigenvalue weighted by Gasteiger charge is -2.35. The molecule has 0 radical (unpaired) electrons. The van der Waals surface area contributed by atoms with E-state index in [1.165, 1.54) is 6.20 Å². The SMILES string of the molecule is Cc1ccc(Cn2ccnc2NC(=O)[C@]2(F)CNC[C@H]2c2ccc(F)cc2F)c(N2CCC(F)(F)CC2)c1. The number of piperidine rings is 1. The summed E-state index contributed by atoms with van der Waals surface area (Å²) < 4.78 is 73.0. The van der Waals surface area contributed by atoms with Crippen LogP contribution in [-0.2, 0) is 11.3 Å². The Kier molecular flexibility index (Phi) is 6.89. The first-order chi connectivity index (χ1) is 18.1. The summed E-state index contributed by atoms with van der Waals surface area (Å²) in [6.07, 6.45) is 2.63. The molecule has 0 aliphatic carbocycles. The van der Waals surface area contributed by atoms with E-state index in [-0.39, 0.29) is 57.1 Å². The molecule has 2 atom stereocenters. The quantitative estimate of drug-likeness (QED) is 0.448. The van der Waals surface area contributed by atoms with Crippen molar-refractivity contribution in [1.29, 1.82) is 0 Å². The van der Waals surface area contributed by atoms with E-state index in [1.807, 2.05) is 30.0 Å². The molecule has 1 amide bonds. The van der Waals surface area contributed by atoms with Gasteiger partial charge in [0.25, 0.3) is 11.8 Å². The first kappa shape index (κ1) is 26.1. The standard InChI is InChI=1S/C27H28F5N5O/c1-17-2-3-18(23(12-17)36-9-6-26(30,31)7-10-36)15-37-11-8-34-25(37)35-24(38)27(32)16-33-14-21(27)20-5-4-19(28)13-22(20)29/h2-5,8,11-13,21,33H,6-7,9-10,14-16H2,1H3,(H,34,35,38)/t21-,27-/m0/s1. The highest BCUT2D eigenvalue weighted by molar-refractivity contribution is 5.97. The molecule has 2 N–H and O–H groups in total. The maximum absolute atomic E-state index is 16.1. The molecule has 202 valence electrons. The van der Waals surface area contributed by atoms with E-state index in [2.05, 4.69) is 15.6 Å². The van der Waals surface area contributed by atoms with Crippen LogP contribution in [0.3, 0.4) is 0 Å². The zero-order valence-electron chi connectivity index (χ0n) is 20.8. The van der Waals surface area contributed by atoms with Gasteiger partial charge in [-0.25, -0.2) is 26.9 Å². The lowest BCUT2D eigenvalue weighted by molar-refractivity contribution is -0.127. The minimum Gasteiger partial charge on any atom is -0.371 e. The number of hydrogen-bond donors (Lipinski definition) is 2. The topological polar surface area (TPSA) is 62.2 Å². The second-order valence-corrected chi connectivity index (χ2v) is 10.0. The Morgan fingerprint density at radius 3 is 2.63 bits per heavy atom. The number of carbonyl (C=O) groups is 1. The van der Waals surface area contributed by atoms with E-state index in [0.717, 1.165) is 28.9 Å². The molecule has 0 bridgehead atoms. The lowest BCUT2D eigenvalue weighted by Crippen LogP contribution is -2.45. The molecule has 3 aromatic rings. The number of imidazole rings is 1. The van der Waals surface area contributed by atoms with Gasteiger partial charge in [0.15, 0.2) is 0 Å². The fourth-order valence-electron chi connectivity index (χ4n) is 5.19. The van der Waals surface area contributed by atoms with E-state index in [1.54, 1.807) is 10.8 Å². The highest BCUT2D eigenvalue weighted by atomic mass is 19.3. The van der Waals surface area contributed by atoms with Crippen molar-refractivity contribution in [3.8, 4) is 0 Å². The smallest absolute Gasteiger partial charge is 0.266 e. The van der Waals surface area contributed by atoms with Gasteiger partial charge in [0.2, 0.25) is 11.6 Å². The number of benzene rings is 2. The van der Waals surface area contributed by atoms with Crippen molar-refractivity contribution in [2.75, 3.05) is 36.4 Å². The summed E-state index contributed by atoms with van der Waals surface area (Å²) in [5, 5.41) is 5.32. The van der Waals surface area contributed by atoms with Crippen molar-refractivity contribution in [2.24, 2.45) is 0 Å². The largest absolute Gasteiger partial charge is 0.371 e. The highest BCUT2D eigenvalue weighted by Crippen LogP contribution is 2.38. The number of rotatable bonds is 6. The van der Waals surface area contributed by atoms with Gasteiger partial charge in [-0.2, -0.15) is 0 Å². The molecule has 2 aliphatic rings. The van der Waals surface area contributed by atoms with Crippen LogP contribution in [0.1, 0.15) is 35.4 Å². The number of aryl methyl sites for hydroxylation is 1. The molecule has 0 saturated carbocycles. The van der Waals surface area contributed by atoms with Gasteiger partial charge in [-0.15, -0.1) is 0 Å². The van der Waals surface area contributed by atoms with E-state index in [4.69, 9.17) is 0 Å². The van der Waals surface area contributed by atoms with Gasteiger partial charge in [0.05, 0.1) is 6.54 Å². The van der Waals surface area contributed by atoms with E-state index in [9.17, 15) is 22.4 Å². The normalized spacial score (nSPS) is 23.0. The summed E-state index contributed by atoms with van der Waals surface area (Å²) in [5.41, 5.74) is 0.0447. The van der Waals surface area contributed by atoms with Crippen molar-refractivity contribution in [3.63, 3.8) is 0 Å². The third-order valence-electron chi connectivity index (χ3n) is 7.36. The van der Waals surface area contributed by atoms with Crippen LogP contribution in [0.25, 0.3) is 0 Å².